The number of phosphoric ester groups is 3. The van der Waals surface area contributed by atoms with Gasteiger partial charge < -0.3 is 60.0 Å². The second-order valence-corrected chi connectivity index (χ2v) is 8.67. The Morgan fingerprint density at radius 2 is 0.926 bits per heavy atom. The molecular weight excluding hydrogens is 453 g/mol. The van der Waals surface area contributed by atoms with E-state index in [0.29, 0.717) is 0 Å². The van der Waals surface area contributed by atoms with E-state index in [1.807, 2.05) is 0 Å². The minimum atomic E-state index is -6.09. The van der Waals surface area contributed by atoms with Crippen molar-refractivity contribution in [1.82, 2.24) is 0 Å². The smallest absolute Gasteiger partial charge is 0.384 e. The fourth-order valence-corrected chi connectivity index (χ4v) is 3.97. The molecule has 0 saturated heterocycles. The first-order valence-corrected chi connectivity index (χ1v) is 10.7. The Labute approximate surface area is 147 Å². The van der Waals surface area contributed by atoms with Gasteiger partial charge in [-0.25, -0.2) is 27.3 Å². The van der Waals surface area contributed by atoms with Gasteiger partial charge in [0.2, 0.25) is 5.79 Å². The molecule has 0 aromatic heterocycles. The second-order valence-electron chi connectivity index (χ2n) is 5.18. The van der Waals surface area contributed by atoms with Gasteiger partial charge in [-0.05, 0) is 0 Å². The third-order valence-corrected chi connectivity index (χ3v) is 4.74. The van der Waals surface area contributed by atoms with E-state index in [1.165, 1.54) is 0 Å². The van der Waals surface area contributed by atoms with Crippen molar-refractivity contribution in [3.63, 3.8) is 0 Å². The summed E-state index contributed by atoms with van der Waals surface area (Å²) in [6, 6.07) is 0. The Balaban J connectivity index is 3.71. The summed E-state index contributed by atoms with van der Waals surface area (Å²) >= 11 is 0. The lowest BCUT2D eigenvalue weighted by Crippen LogP contribution is -2.83. The third kappa shape index (κ3) is 4.99. The predicted octanol–water partition coefficient (Wildman–Crippen LogP) is -5.52. The maximum absolute atomic E-state index is 11.0. The lowest BCUT2D eigenvalue weighted by molar-refractivity contribution is -0.468. The summed E-state index contributed by atoms with van der Waals surface area (Å²) in [5.74, 6) is -13.4. The van der Waals surface area contributed by atoms with Crippen LogP contribution in [0.15, 0.2) is 0 Å². The highest BCUT2D eigenvalue weighted by Gasteiger charge is 2.78. The molecule has 6 unspecified atom stereocenters. The van der Waals surface area contributed by atoms with Gasteiger partial charge in [-0.2, -0.15) is 0 Å². The number of aliphatic hydroxyl groups excluding tert-OH is 3. The number of rotatable bonds is 6. The van der Waals surface area contributed by atoms with Gasteiger partial charge in [0.25, 0.3) is 11.6 Å². The van der Waals surface area contributed by atoms with Crippen molar-refractivity contribution in [2.45, 2.75) is 35.7 Å². The van der Waals surface area contributed by atoms with E-state index in [0.717, 1.165) is 0 Å². The normalized spacial score (nSPS) is 41.6. The average Bonchev–Trinajstić information content (AvgIpc) is 2.37. The average molecular weight is 468 g/mol. The van der Waals surface area contributed by atoms with Crippen molar-refractivity contribution in [1.29, 1.82) is 0 Å². The van der Waals surface area contributed by atoms with E-state index >= 15 is 0 Å². The zero-order chi connectivity index (χ0) is 21.9. The molecule has 1 aliphatic rings. The minimum absolute atomic E-state index is 3.32. The summed E-state index contributed by atoms with van der Waals surface area (Å²) < 4.78 is 43.6. The molecule has 0 heterocycles. The summed E-state index contributed by atoms with van der Waals surface area (Å²) in [7, 11) is -18.0. The Morgan fingerprint density at radius 3 is 1.26 bits per heavy atom. The van der Waals surface area contributed by atoms with Crippen molar-refractivity contribution in [3.05, 3.63) is 0 Å². The summed E-state index contributed by atoms with van der Waals surface area (Å²) in [5.41, 5.74) is 0. The van der Waals surface area contributed by atoms with E-state index in [9.17, 15) is 44.3 Å². The van der Waals surface area contributed by atoms with E-state index in [4.69, 9.17) is 29.4 Å². The second kappa shape index (κ2) is 7.10. The molecule has 18 nitrogen and oxygen atoms in total. The standard InChI is InChI=1S/C6H15O18P3/c7-1-2(8)5(11,23-26(16,17)18)6(12,24-27(19,20)21)3(9)4(1,10)22-25(13,14)15/h1-3,7-12H,(H2,13,14,15)(H2,16,17,18)(H2,19,20,21). The molecule has 0 radical (unpaired) electrons. The molecule has 1 rings (SSSR count). The van der Waals surface area contributed by atoms with Crippen molar-refractivity contribution in [2.24, 2.45) is 0 Å². The quantitative estimate of drug-likeness (QED) is 0.128. The monoisotopic (exact) mass is 468 g/mol. The molecule has 0 bridgehead atoms. The van der Waals surface area contributed by atoms with Gasteiger partial charge in [0, 0.05) is 0 Å². The molecular formula is C6H15O18P3. The molecule has 162 valence electrons. The zero-order valence-corrected chi connectivity index (χ0v) is 15.1. The first-order chi connectivity index (χ1) is 11.6. The van der Waals surface area contributed by atoms with Crippen LogP contribution in [-0.4, -0.2) is 95.7 Å². The van der Waals surface area contributed by atoms with E-state index in [1.54, 1.807) is 0 Å². The summed E-state index contributed by atoms with van der Waals surface area (Å²) in [5, 5.41) is 59.5. The number of aliphatic hydroxyl groups is 6. The predicted molar refractivity (Wildman–Crippen MR) is 72.3 cm³/mol. The Morgan fingerprint density at radius 1 is 0.593 bits per heavy atom. The van der Waals surface area contributed by atoms with Crippen LogP contribution in [0.2, 0.25) is 0 Å². The van der Waals surface area contributed by atoms with Gasteiger partial charge in [-0.15, -0.1) is 0 Å². The van der Waals surface area contributed by atoms with Crippen molar-refractivity contribution >= 4 is 23.5 Å². The van der Waals surface area contributed by atoms with Crippen LogP contribution in [-0.2, 0) is 27.3 Å². The highest BCUT2D eigenvalue weighted by atomic mass is 31.2. The molecule has 0 aromatic carbocycles. The fraction of sp³-hybridized carbons (Fsp3) is 1.00. The molecule has 0 aromatic rings. The first kappa shape index (κ1) is 25.1. The Kier molecular flexibility index (Phi) is 6.61. The third-order valence-electron chi connectivity index (χ3n) is 3.18. The molecule has 1 saturated carbocycles. The Hall–Kier alpha value is 0.0900. The highest BCUT2D eigenvalue weighted by Crippen LogP contribution is 2.58. The van der Waals surface area contributed by atoms with Crippen molar-refractivity contribution in [2.75, 3.05) is 0 Å². The van der Waals surface area contributed by atoms with E-state index < -0.39 is 59.1 Å². The minimum Gasteiger partial charge on any atom is -0.384 e. The zero-order valence-electron chi connectivity index (χ0n) is 12.4. The SMILES string of the molecule is O=P(O)(O)OC1(O)C(O)C(O)C(O)(OP(=O)(O)O)C(O)(OP(=O)(O)O)C1O. The van der Waals surface area contributed by atoms with Crippen LogP contribution in [0.25, 0.3) is 0 Å². The number of hydrogen-bond acceptors (Lipinski definition) is 12. The van der Waals surface area contributed by atoms with Crippen molar-refractivity contribution < 1.29 is 87.3 Å². The molecule has 1 fully saturated rings. The lowest BCUT2D eigenvalue weighted by Gasteiger charge is -2.55. The van der Waals surface area contributed by atoms with Crippen LogP contribution in [0.5, 0.6) is 0 Å². The van der Waals surface area contributed by atoms with Crippen molar-refractivity contribution in [3.8, 4) is 0 Å². The van der Waals surface area contributed by atoms with Crippen LogP contribution in [0.4, 0.5) is 0 Å². The molecule has 6 atom stereocenters. The summed E-state index contributed by atoms with van der Waals surface area (Å²) in [6.07, 6.45) is -10.5. The first-order valence-electron chi connectivity index (χ1n) is 6.09. The van der Waals surface area contributed by atoms with E-state index in [2.05, 4.69) is 13.6 Å². The highest BCUT2D eigenvalue weighted by molar-refractivity contribution is 7.47. The molecule has 12 N–H and O–H groups in total. The van der Waals surface area contributed by atoms with Gasteiger partial charge in [-0.3, -0.25) is 0 Å². The van der Waals surface area contributed by atoms with Gasteiger partial charge >= 0.3 is 23.5 Å². The summed E-state index contributed by atoms with van der Waals surface area (Å²) in [6.45, 7) is 0. The fourth-order valence-electron chi connectivity index (χ4n) is 2.18. The van der Waals surface area contributed by atoms with Crippen LogP contribution >= 0.6 is 23.5 Å². The van der Waals surface area contributed by atoms with Crippen LogP contribution in [0, 0.1) is 0 Å². The van der Waals surface area contributed by atoms with Gasteiger partial charge in [0.05, 0.1) is 0 Å². The molecule has 0 aliphatic heterocycles. The van der Waals surface area contributed by atoms with E-state index in [-0.39, 0.29) is 0 Å². The molecule has 1 aliphatic carbocycles. The van der Waals surface area contributed by atoms with Gasteiger partial charge in [0.15, 0.2) is 6.10 Å². The van der Waals surface area contributed by atoms with Crippen LogP contribution in [0.3, 0.4) is 0 Å². The lowest BCUT2D eigenvalue weighted by atomic mass is 9.77. The molecule has 21 heteroatoms. The van der Waals surface area contributed by atoms with Gasteiger partial charge in [0.1, 0.15) is 12.2 Å². The topological polar surface area (TPSA) is 322 Å². The number of hydrogen-bond donors (Lipinski definition) is 12. The van der Waals surface area contributed by atoms with Gasteiger partial charge in [-0.1, -0.05) is 0 Å². The molecule has 0 amide bonds. The maximum atomic E-state index is 11.0. The van der Waals surface area contributed by atoms with Crippen LogP contribution in [0.1, 0.15) is 0 Å². The Bertz CT molecular complexity index is 706. The molecule has 0 spiro atoms. The summed E-state index contributed by atoms with van der Waals surface area (Å²) in [4.78, 5) is 52.5. The largest absolute Gasteiger partial charge is 0.472 e. The molecule has 27 heavy (non-hydrogen) atoms. The number of phosphoric acid groups is 3. The maximum Gasteiger partial charge on any atom is 0.472 e. The van der Waals surface area contributed by atoms with Crippen LogP contribution < -0.4 is 0 Å².